The van der Waals surface area contributed by atoms with Crippen molar-refractivity contribution in [2.24, 2.45) is 0 Å². The summed E-state index contributed by atoms with van der Waals surface area (Å²) >= 11 is 0. The van der Waals surface area contributed by atoms with E-state index >= 15 is 0 Å². The van der Waals surface area contributed by atoms with Gasteiger partial charge in [-0.2, -0.15) is 4.98 Å². The highest BCUT2D eigenvalue weighted by atomic mass is 19.1. The number of benzene rings is 1. The maximum Gasteiger partial charge on any atom is 0.224 e. The van der Waals surface area contributed by atoms with Crippen LogP contribution in [0, 0.1) is 5.82 Å². The Labute approximate surface area is 124 Å². The zero-order valence-electron chi connectivity index (χ0n) is 12.5. The summed E-state index contributed by atoms with van der Waals surface area (Å²) in [6.07, 6.45) is 2.12. The van der Waals surface area contributed by atoms with Gasteiger partial charge in [-0.15, -0.1) is 0 Å². The molecule has 0 radical (unpaired) electrons. The zero-order valence-corrected chi connectivity index (χ0v) is 12.5. The lowest BCUT2D eigenvalue weighted by atomic mass is 10.2. The molecule has 0 fully saturated rings. The lowest BCUT2D eigenvalue weighted by molar-refractivity contribution is 0.619. The van der Waals surface area contributed by atoms with E-state index in [1.165, 1.54) is 6.20 Å². The van der Waals surface area contributed by atoms with Crippen LogP contribution < -0.4 is 15.5 Å². The Morgan fingerprint density at radius 2 is 2.00 bits per heavy atom. The Hall–Kier alpha value is -2.37. The minimum atomic E-state index is -0.481. The van der Waals surface area contributed by atoms with Crippen LogP contribution in [0.5, 0.6) is 0 Å². The molecule has 0 bridgehead atoms. The first-order valence-electron chi connectivity index (χ1n) is 6.91. The highest BCUT2D eigenvalue weighted by molar-refractivity contribution is 5.74. The van der Waals surface area contributed by atoms with Crippen molar-refractivity contribution in [1.29, 1.82) is 0 Å². The maximum atomic E-state index is 13.9. The number of anilines is 4. The molecule has 1 aromatic heterocycles. The number of aromatic nitrogens is 2. The highest BCUT2D eigenvalue weighted by Gasteiger charge is 2.10. The maximum absolute atomic E-state index is 13.9. The second-order valence-electron chi connectivity index (χ2n) is 4.85. The second kappa shape index (κ2) is 6.88. The third kappa shape index (κ3) is 3.81. The number of para-hydroxylation sites is 2. The number of halogens is 1. The molecule has 2 rings (SSSR count). The molecule has 0 aliphatic heterocycles. The van der Waals surface area contributed by atoms with Crippen molar-refractivity contribution >= 4 is 23.1 Å². The van der Waals surface area contributed by atoms with E-state index in [4.69, 9.17) is 0 Å². The molecule has 0 atom stereocenters. The molecule has 2 N–H and O–H groups in total. The molecule has 1 aromatic carbocycles. The van der Waals surface area contributed by atoms with Crippen LogP contribution in [0.15, 0.2) is 30.5 Å². The number of nitrogens with zero attached hydrogens (tertiary/aromatic N) is 3. The average Bonchev–Trinajstić information content (AvgIpc) is 2.48. The van der Waals surface area contributed by atoms with Crippen LogP contribution in [0.4, 0.5) is 27.5 Å². The molecule has 6 heteroatoms. The summed E-state index contributed by atoms with van der Waals surface area (Å²) in [6.45, 7) is 2.79. The first kappa shape index (κ1) is 15.0. The van der Waals surface area contributed by atoms with E-state index in [2.05, 4.69) is 20.6 Å². The Morgan fingerprint density at radius 3 is 2.71 bits per heavy atom. The summed E-state index contributed by atoms with van der Waals surface area (Å²) in [7, 11) is 3.87. The van der Waals surface area contributed by atoms with Crippen LogP contribution in [0.3, 0.4) is 0 Å². The van der Waals surface area contributed by atoms with Gasteiger partial charge < -0.3 is 15.5 Å². The molecule has 21 heavy (non-hydrogen) atoms. The first-order valence-corrected chi connectivity index (χ1v) is 6.91. The molecule has 5 nitrogen and oxygen atoms in total. The van der Waals surface area contributed by atoms with Crippen molar-refractivity contribution in [2.45, 2.75) is 13.3 Å². The van der Waals surface area contributed by atoms with Gasteiger partial charge in [0.15, 0.2) is 11.6 Å². The van der Waals surface area contributed by atoms with Crippen LogP contribution in [0.2, 0.25) is 0 Å². The Balaban J connectivity index is 2.26. The Kier molecular flexibility index (Phi) is 4.92. The van der Waals surface area contributed by atoms with Gasteiger partial charge in [0.2, 0.25) is 5.95 Å². The van der Waals surface area contributed by atoms with E-state index in [0.29, 0.717) is 5.95 Å². The van der Waals surface area contributed by atoms with E-state index in [0.717, 1.165) is 24.3 Å². The molecule has 0 saturated carbocycles. The first-order chi connectivity index (χ1) is 10.1. The highest BCUT2D eigenvalue weighted by Crippen LogP contribution is 2.27. The van der Waals surface area contributed by atoms with Gasteiger partial charge in [0.1, 0.15) is 0 Å². The average molecular weight is 289 g/mol. The predicted octanol–water partition coefficient (Wildman–Crippen LogP) is 3.25. The molecule has 0 saturated heterocycles. The lowest BCUT2D eigenvalue weighted by Crippen LogP contribution is -2.12. The molecule has 0 aliphatic carbocycles. The lowest BCUT2D eigenvalue weighted by Gasteiger charge is -2.18. The number of hydrogen-bond donors (Lipinski definition) is 2. The fraction of sp³-hybridized carbons (Fsp3) is 0.333. The SMILES string of the molecule is CCCNc1ncc(F)c(Nc2ccccc2N(C)C)n1. The van der Waals surface area contributed by atoms with E-state index in [1.54, 1.807) is 0 Å². The normalized spacial score (nSPS) is 10.3. The number of hydrogen-bond acceptors (Lipinski definition) is 5. The topological polar surface area (TPSA) is 53.1 Å². The van der Waals surface area contributed by atoms with Gasteiger partial charge in [0.05, 0.1) is 17.6 Å². The summed E-state index contributed by atoms with van der Waals surface area (Å²) in [5, 5.41) is 6.08. The third-order valence-corrected chi connectivity index (χ3v) is 2.92. The molecular formula is C15H20FN5. The number of rotatable bonds is 6. The molecule has 0 unspecified atom stereocenters. The van der Waals surface area contributed by atoms with Crippen LogP contribution in [0.25, 0.3) is 0 Å². The van der Waals surface area contributed by atoms with Crippen molar-refractivity contribution < 1.29 is 4.39 Å². The van der Waals surface area contributed by atoms with Crippen LogP contribution in [0.1, 0.15) is 13.3 Å². The quantitative estimate of drug-likeness (QED) is 0.855. The van der Waals surface area contributed by atoms with E-state index in [-0.39, 0.29) is 5.82 Å². The zero-order chi connectivity index (χ0) is 15.2. The van der Waals surface area contributed by atoms with Gasteiger partial charge in [0, 0.05) is 20.6 Å². The molecule has 0 spiro atoms. The van der Waals surface area contributed by atoms with Crippen molar-refractivity contribution in [2.75, 3.05) is 36.2 Å². The third-order valence-electron chi connectivity index (χ3n) is 2.92. The summed E-state index contributed by atoms with van der Waals surface area (Å²) < 4.78 is 13.9. The van der Waals surface area contributed by atoms with E-state index in [1.807, 2.05) is 50.2 Å². The fourth-order valence-corrected chi connectivity index (χ4v) is 1.87. The molecule has 0 aliphatic rings. The minimum Gasteiger partial charge on any atom is -0.376 e. The van der Waals surface area contributed by atoms with Crippen molar-refractivity contribution in [1.82, 2.24) is 9.97 Å². The van der Waals surface area contributed by atoms with Crippen molar-refractivity contribution in [3.63, 3.8) is 0 Å². The van der Waals surface area contributed by atoms with Crippen LogP contribution in [-0.2, 0) is 0 Å². The molecule has 0 amide bonds. The smallest absolute Gasteiger partial charge is 0.224 e. The standard InChI is InChI=1S/C15H20FN5/c1-4-9-17-15-18-10-11(16)14(20-15)19-12-7-5-6-8-13(12)21(2)3/h5-8,10H,4,9H2,1-3H3,(H2,17,18,19,20). The Bertz CT molecular complexity index is 600. The number of nitrogens with one attached hydrogen (secondary N) is 2. The van der Waals surface area contributed by atoms with Gasteiger partial charge in [-0.1, -0.05) is 19.1 Å². The van der Waals surface area contributed by atoms with Gasteiger partial charge in [-0.3, -0.25) is 0 Å². The van der Waals surface area contributed by atoms with Crippen LogP contribution in [-0.4, -0.2) is 30.6 Å². The monoisotopic (exact) mass is 289 g/mol. The molecule has 2 aromatic rings. The van der Waals surface area contributed by atoms with E-state index in [9.17, 15) is 4.39 Å². The van der Waals surface area contributed by atoms with Gasteiger partial charge in [0.25, 0.3) is 0 Å². The second-order valence-corrected chi connectivity index (χ2v) is 4.85. The van der Waals surface area contributed by atoms with Gasteiger partial charge >= 0.3 is 0 Å². The molecular weight excluding hydrogens is 269 g/mol. The minimum absolute atomic E-state index is 0.165. The predicted molar refractivity (Wildman–Crippen MR) is 84.8 cm³/mol. The fourth-order valence-electron chi connectivity index (χ4n) is 1.87. The van der Waals surface area contributed by atoms with Gasteiger partial charge in [-0.05, 0) is 18.6 Å². The Morgan fingerprint density at radius 1 is 1.24 bits per heavy atom. The van der Waals surface area contributed by atoms with E-state index < -0.39 is 5.82 Å². The summed E-state index contributed by atoms with van der Waals surface area (Å²) in [5.41, 5.74) is 1.75. The summed E-state index contributed by atoms with van der Waals surface area (Å²) in [4.78, 5) is 10.1. The molecule has 1 heterocycles. The van der Waals surface area contributed by atoms with Crippen molar-refractivity contribution in [3.8, 4) is 0 Å². The van der Waals surface area contributed by atoms with Gasteiger partial charge in [-0.25, -0.2) is 9.37 Å². The van der Waals surface area contributed by atoms with Crippen molar-refractivity contribution in [3.05, 3.63) is 36.3 Å². The summed E-state index contributed by atoms with van der Waals surface area (Å²) in [6, 6.07) is 7.67. The largest absolute Gasteiger partial charge is 0.376 e. The van der Waals surface area contributed by atoms with Crippen LogP contribution >= 0.6 is 0 Å². The summed E-state index contributed by atoms with van der Waals surface area (Å²) in [5.74, 6) is 0.103. The molecule has 112 valence electrons.